The Kier molecular flexibility index (Phi) is 8.75. The number of hydrogen-bond donors (Lipinski definition) is 0. The van der Waals surface area contributed by atoms with E-state index in [-0.39, 0.29) is 31.1 Å². The number of Topliss-reactive ketones (excluding diaryl/α,β-unsaturated/α-hetero) is 1. The molecule has 0 aliphatic carbocycles. The lowest BCUT2D eigenvalue weighted by Crippen LogP contribution is -2.30. The number of nitrogens with zero attached hydrogens (tertiary/aromatic N) is 1. The summed E-state index contributed by atoms with van der Waals surface area (Å²) in [4.78, 5) is 38.9. The number of halogens is 1. The van der Waals surface area contributed by atoms with Gasteiger partial charge < -0.3 is 9.64 Å². The van der Waals surface area contributed by atoms with E-state index in [4.69, 9.17) is 4.74 Å². The lowest BCUT2D eigenvalue weighted by molar-refractivity contribution is -0.145. The molecule has 0 unspecified atom stereocenters. The highest BCUT2D eigenvalue weighted by molar-refractivity contribution is 9.10. The van der Waals surface area contributed by atoms with Gasteiger partial charge in [0, 0.05) is 29.5 Å². The maximum absolute atomic E-state index is 12.9. The van der Waals surface area contributed by atoms with E-state index in [1.807, 2.05) is 60.7 Å². The van der Waals surface area contributed by atoms with Crippen molar-refractivity contribution in [2.24, 2.45) is 0 Å². The van der Waals surface area contributed by atoms with Crippen LogP contribution in [0.15, 0.2) is 89.4 Å². The molecule has 32 heavy (non-hydrogen) atoms. The number of benzene rings is 3. The van der Waals surface area contributed by atoms with Gasteiger partial charge in [0.15, 0.2) is 12.4 Å². The molecule has 0 bridgehead atoms. The van der Waals surface area contributed by atoms with E-state index in [1.54, 1.807) is 29.2 Å². The Bertz CT molecular complexity index is 995. The minimum Gasteiger partial charge on any atom is -0.457 e. The maximum atomic E-state index is 12.9. The zero-order chi connectivity index (χ0) is 22.8. The summed E-state index contributed by atoms with van der Waals surface area (Å²) in [5, 5.41) is 0. The van der Waals surface area contributed by atoms with Crippen LogP contribution in [0.2, 0.25) is 0 Å². The van der Waals surface area contributed by atoms with Crippen LogP contribution in [-0.4, -0.2) is 29.2 Å². The van der Waals surface area contributed by atoms with Gasteiger partial charge in [0.2, 0.25) is 5.91 Å². The van der Waals surface area contributed by atoms with Crippen molar-refractivity contribution in [3.8, 4) is 0 Å². The fourth-order valence-electron chi connectivity index (χ4n) is 3.14. The van der Waals surface area contributed by atoms with Gasteiger partial charge in [-0.1, -0.05) is 88.7 Å². The lowest BCUT2D eigenvalue weighted by Gasteiger charge is -2.23. The highest BCUT2D eigenvalue weighted by Gasteiger charge is 2.17. The van der Waals surface area contributed by atoms with Crippen LogP contribution in [0.5, 0.6) is 0 Å². The minimum absolute atomic E-state index is 0.0188. The fourth-order valence-corrected chi connectivity index (χ4v) is 3.41. The molecule has 0 heterocycles. The van der Waals surface area contributed by atoms with E-state index in [2.05, 4.69) is 15.9 Å². The highest BCUT2D eigenvalue weighted by Crippen LogP contribution is 2.13. The molecule has 0 saturated heterocycles. The fraction of sp³-hybridized carbons (Fsp3) is 0.192. The van der Waals surface area contributed by atoms with Gasteiger partial charge in [0.1, 0.15) is 0 Å². The molecule has 6 heteroatoms. The molecular weight excluding hydrogens is 470 g/mol. The molecular formula is C26H24BrNO4. The van der Waals surface area contributed by atoms with Crippen LogP contribution in [0.1, 0.15) is 34.3 Å². The summed E-state index contributed by atoms with van der Waals surface area (Å²) >= 11 is 3.31. The molecule has 0 N–H and O–H groups in total. The van der Waals surface area contributed by atoms with Crippen LogP contribution < -0.4 is 0 Å². The molecule has 0 saturated carbocycles. The zero-order valence-corrected chi connectivity index (χ0v) is 19.2. The third-order valence-electron chi connectivity index (χ3n) is 4.86. The van der Waals surface area contributed by atoms with Gasteiger partial charge in [-0.25, -0.2) is 0 Å². The van der Waals surface area contributed by atoms with Crippen molar-refractivity contribution in [1.82, 2.24) is 4.90 Å². The van der Waals surface area contributed by atoms with Crippen LogP contribution in [-0.2, 0) is 27.4 Å². The first-order chi connectivity index (χ1) is 15.5. The molecule has 0 aromatic heterocycles. The number of carbonyl (C=O) groups is 3. The second kappa shape index (κ2) is 12.0. The van der Waals surface area contributed by atoms with Gasteiger partial charge in [0.05, 0.1) is 6.42 Å². The van der Waals surface area contributed by atoms with Crippen LogP contribution >= 0.6 is 15.9 Å². The van der Waals surface area contributed by atoms with Gasteiger partial charge in [-0.3, -0.25) is 14.4 Å². The van der Waals surface area contributed by atoms with E-state index < -0.39 is 5.97 Å². The molecule has 3 aromatic rings. The molecule has 164 valence electrons. The molecule has 0 radical (unpaired) electrons. The average Bonchev–Trinajstić information content (AvgIpc) is 2.82. The van der Waals surface area contributed by atoms with E-state index in [0.717, 1.165) is 15.6 Å². The maximum Gasteiger partial charge on any atom is 0.306 e. The van der Waals surface area contributed by atoms with Crippen LogP contribution in [0.25, 0.3) is 0 Å². The Balaban J connectivity index is 1.53. The van der Waals surface area contributed by atoms with Crippen molar-refractivity contribution in [3.63, 3.8) is 0 Å². The lowest BCUT2D eigenvalue weighted by atomic mass is 10.1. The first-order valence-electron chi connectivity index (χ1n) is 10.3. The normalized spacial score (nSPS) is 10.4. The Hall–Kier alpha value is -3.25. The summed E-state index contributed by atoms with van der Waals surface area (Å²) in [7, 11) is 0. The summed E-state index contributed by atoms with van der Waals surface area (Å²) < 4.78 is 5.95. The second-order valence-electron chi connectivity index (χ2n) is 7.31. The third-order valence-corrected chi connectivity index (χ3v) is 5.39. The summed E-state index contributed by atoms with van der Waals surface area (Å²) in [5.74, 6) is -0.996. The summed E-state index contributed by atoms with van der Waals surface area (Å²) in [6.07, 6.45) is -0.0580. The van der Waals surface area contributed by atoms with Crippen molar-refractivity contribution >= 4 is 33.6 Å². The molecule has 5 nitrogen and oxygen atoms in total. The minimum atomic E-state index is -0.566. The number of ether oxygens (including phenoxy) is 1. The quantitative estimate of drug-likeness (QED) is 0.288. The Morgan fingerprint density at radius 3 is 1.78 bits per heavy atom. The van der Waals surface area contributed by atoms with Gasteiger partial charge in [0.25, 0.3) is 0 Å². The average molecular weight is 494 g/mol. The SMILES string of the molecule is O=C(CCC(=O)N(Cc1ccccc1)Cc1ccccc1)OCC(=O)c1ccc(Br)cc1. The number of carbonyl (C=O) groups excluding carboxylic acids is 3. The number of esters is 1. The molecule has 3 rings (SSSR count). The highest BCUT2D eigenvalue weighted by atomic mass is 79.9. The van der Waals surface area contributed by atoms with Crippen LogP contribution in [0.4, 0.5) is 0 Å². The van der Waals surface area contributed by atoms with Gasteiger partial charge in [-0.2, -0.15) is 0 Å². The van der Waals surface area contributed by atoms with E-state index in [9.17, 15) is 14.4 Å². The van der Waals surface area contributed by atoms with Gasteiger partial charge >= 0.3 is 5.97 Å². The molecule has 0 atom stereocenters. The Morgan fingerprint density at radius 2 is 1.25 bits per heavy atom. The third kappa shape index (κ3) is 7.46. The van der Waals surface area contributed by atoms with Crippen molar-refractivity contribution in [2.75, 3.05) is 6.61 Å². The van der Waals surface area contributed by atoms with Crippen molar-refractivity contribution < 1.29 is 19.1 Å². The number of rotatable bonds is 10. The number of amides is 1. The van der Waals surface area contributed by atoms with E-state index in [0.29, 0.717) is 18.7 Å². The van der Waals surface area contributed by atoms with Gasteiger partial charge in [-0.05, 0) is 23.3 Å². The predicted molar refractivity (Wildman–Crippen MR) is 126 cm³/mol. The first kappa shape index (κ1) is 23.4. The van der Waals surface area contributed by atoms with Crippen molar-refractivity contribution in [1.29, 1.82) is 0 Å². The smallest absolute Gasteiger partial charge is 0.306 e. The largest absolute Gasteiger partial charge is 0.457 e. The zero-order valence-electron chi connectivity index (χ0n) is 17.6. The molecule has 3 aromatic carbocycles. The van der Waals surface area contributed by atoms with Crippen LogP contribution in [0, 0.1) is 0 Å². The summed E-state index contributed by atoms with van der Waals surface area (Å²) in [6.45, 7) is 0.559. The Labute approximate surface area is 196 Å². The molecule has 1 amide bonds. The second-order valence-corrected chi connectivity index (χ2v) is 8.23. The van der Waals surface area contributed by atoms with Crippen LogP contribution in [0.3, 0.4) is 0 Å². The van der Waals surface area contributed by atoms with Crippen molar-refractivity contribution in [2.45, 2.75) is 25.9 Å². The molecule has 0 aliphatic rings. The molecule has 0 aliphatic heterocycles. The topological polar surface area (TPSA) is 63.7 Å². The summed E-state index contributed by atoms with van der Waals surface area (Å²) in [6, 6.07) is 26.3. The first-order valence-corrected chi connectivity index (χ1v) is 11.1. The van der Waals surface area contributed by atoms with E-state index in [1.165, 1.54) is 0 Å². The Morgan fingerprint density at radius 1 is 0.719 bits per heavy atom. The molecule has 0 fully saturated rings. The standard InChI is InChI=1S/C26H24BrNO4/c27-23-13-11-22(12-14-23)24(29)19-32-26(31)16-15-25(30)28(17-20-7-3-1-4-8-20)18-21-9-5-2-6-10-21/h1-14H,15-19H2. The monoisotopic (exact) mass is 493 g/mol. The van der Waals surface area contributed by atoms with E-state index >= 15 is 0 Å². The summed E-state index contributed by atoms with van der Waals surface area (Å²) in [5.41, 5.74) is 2.49. The predicted octanol–water partition coefficient (Wildman–Crippen LogP) is 5.18. The van der Waals surface area contributed by atoms with Crippen molar-refractivity contribution in [3.05, 3.63) is 106 Å². The van der Waals surface area contributed by atoms with Gasteiger partial charge in [-0.15, -0.1) is 0 Å². The number of ketones is 1. The number of hydrogen-bond acceptors (Lipinski definition) is 4. The molecule has 0 spiro atoms.